The molecule has 114 valence electrons. The summed E-state index contributed by atoms with van der Waals surface area (Å²) in [7, 11) is -2.09. The molecule has 1 aromatic carbocycles. The van der Waals surface area contributed by atoms with Gasteiger partial charge in [0.05, 0.1) is 11.4 Å². The molecule has 21 heavy (non-hydrogen) atoms. The van der Waals surface area contributed by atoms with Crippen molar-refractivity contribution in [1.82, 2.24) is 4.72 Å². The lowest BCUT2D eigenvalue weighted by molar-refractivity contribution is 0.244. The third-order valence-electron chi connectivity index (χ3n) is 3.11. The molecule has 0 atom stereocenters. The molecule has 3 N–H and O–H groups in total. The van der Waals surface area contributed by atoms with Crippen molar-refractivity contribution >= 4 is 15.7 Å². The van der Waals surface area contributed by atoms with Crippen LogP contribution in [0.25, 0.3) is 0 Å². The number of aliphatic hydroxyl groups excluding tert-OH is 1. The van der Waals surface area contributed by atoms with Crippen molar-refractivity contribution < 1.29 is 17.9 Å². The zero-order valence-corrected chi connectivity index (χ0v) is 12.7. The highest BCUT2D eigenvalue weighted by Gasteiger charge is 2.13. The molecule has 1 aromatic heterocycles. The Morgan fingerprint density at radius 3 is 2.52 bits per heavy atom. The van der Waals surface area contributed by atoms with Crippen LogP contribution in [0.1, 0.15) is 17.1 Å². The van der Waals surface area contributed by atoms with E-state index < -0.39 is 10.0 Å². The molecule has 7 heteroatoms. The third kappa shape index (κ3) is 3.63. The SMILES string of the molecule is CNS(=O)(=O)c1ccc(C)c(NCc2ccc(CO)o2)c1. The summed E-state index contributed by atoms with van der Waals surface area (Å²) in [5.41, 5.74) is 1.65. The molecule has 0 radical (unpaired) electrons. The molecule has 1 heterocycles. The summed E-state index contributed by atoms with van der Waals surface area (Å²) < 4.78 is 31.2. The molecule has 0 aliphatic rings. The maximum Gasteiger partial charge on any atom is 0.240 e. The maximum atomic E-state index is 11.8. The van der Waals surface area contributed by atoms with E-state index in [-0.39, 0.29) is 11.5 Å². The Bertz CT molecular complexity index is 722. The van der Waals surface area contributed by atoms with Gasteiger partial charge in [0.2, 0.25) is 10.0 Å². The molecule has 2 rings (SSSR count). The molecule has 0 aliphatic heterocycles. The summed E-state index contributed by atoms with van der Waals surface area (Å²) in [6.07, 6.45) is 0. The van der Waals surface area contributed by atoms with E-state index in [1.807, 2.05) is 6.92 Å². The van der Waals surface area contributed by atoms with Crippen molar-refractivity contribution in [2.75, 3.05) is 12.4 Å². The fourth-order valence-electron chi connectivity index (χ4n) is 1.86. The van der Waals surface area contributed by atoms with Crippen molar-refractivity contribution in [1.29, 1.82) is 0 Å². The number of hydrogen-bond acceptors (Lipinski definition) is 5. The number of rotatable bonds is 6. The lowest BCUT2D eigenvalue weighted by atomic mass is 10.2. The number of sulfonamides is 1. The molecule has 0 unspecified atom stereocenters. The third-order valence-corrected chi connectivity index (χ3v) is 4.53. The Hall–Kier alpha value is -1.83. The normalized spacial score (nSPS) is 11.6. The largest absolute Gasteiger partial charge is 0.462 e. The second-order valence-electron chi connectivity index (χ2n) is 4.56. The molecule has 0 saturated carbocycles. The van der Waals surface area contributed by atoms with Gasteiger partial charge in [0.1, 0.15) is 18.1 Å². The number of anilines is 1. The highest BCUT2D eigenvalue weighted by Crippen LogP contribution is 2.21. The molecular weight excluding hydrogens is 292 g/mol. The van der Waals surface area contributed by atoms with Gasteiger partial charge < -0.3 is 14.8 Å². The number of benzene rings is 1. The lowest BCUT2D eigenvalue weighted by Gasteiger charge is -2.11. The Balaban J connectivity index is 2.17. The second-order valence-corrected chi connectivity index (χ2v) is 6.45. The van der Waals surface area contributed by atoms with Gasteiger partial charge in [-0.3, -0.25) is 0 Å². The number of furan rings is 1. The summed E-state index contributed by atoms with van der Waals surface area (Å²) in [4.78, 5) is 0.202. The fraction of sp³-hybridized carbons (Fsp3) is 0.286. The molecule has 0 fully saturated rings. The van der Waals surface area contributed by atoms with E-state index in [1.54, 1.807) is 30.3 Å². The molecule has 2 aromatic rings. The van der Waals surface area contributed by atoms with Crippen molar-refractivity contribution in [3.63, 3.8) is 0 Å². The predicted molar refractivity (Wildman–Crippen MR) is 79.4 cm³/mol. The maximum absolute atomic E-state index is 11.8. The highest BCUT2D eigenvalue weighted by atomic mass is 32.2. The van der Waals surface area contributed by atoms with E-state index in [2.05, 4.69) is 10.0 Å². The molecule has 0 bridgehead atoms. The van der Waals surface area contributed by atoms with Crippen molar-refractivity contribution in [2.24, 2.45) is 0 Å². The zero-order valence-electron chi connectivity index (χ0n) is 11.9. The zero-order chi connectivity index (χ0) is 15.5. The fourth-order valence-corrected chi connectivity index (χ4v) is 2.62. The minimum atomic E-state index is -3.47. The first kappa shape index (κ1) is 15.6. The topological polar surface area (TPSA) is 91.6 Å². The van der Waals surface area contributed by atoms with E-state index in [0.29, 0.717) is 23.8 Å². The Kier molecular flexibility index (Phi) is 4.66. The van der Waals surface area contributed by atoms with Gasteiger partial charge in [0.25, 0.3) is 0 Å². The van der Waals surface area contributed by atoms with Crippen LogP contribution < -0.4 is 10.0 Å². The second kappa shape index (κ2) is 6.30. The molecule has 6 nitrogen and oxygen atoms in total. The summed E-state index contributed by atoms with van der Waals surface area (Å²) in [6.45, 7) is 2.15. The standard InChI is InChI=1S/C14H18N2O4S/c1-10-3-6-13(21(18,19)15-2)7-14(10)16-8-11-4-5-12(9-17)20-11/h3-7,15-17H,8-9H2,1-2H3. The van der Waals surface area contributed by atoms with Crippen LogP contribution in [0.2, 0.25) is 0 Å². The van der Waals surface area contributed by atoms with E-state index in [9.17, 15) is 8.42 Å². The summed E-state index contributed by atoms with van der Waals surface area (Å²) in [6, 6.07) is 8.35. The van der Waals surface area contributed by atoms with Crippen LogP contribution in [0, 0.1) is 6.92 Å². The van der Waals surface area contributed by atoms with Crippen LogP contribution >= 0.6 is 0 Å². The van der Waals surface area contributed by atoms with Crippen LogP contribution in [0.5, 0.6) is 0 Å². The van der Waals surface area contributed by atoms with Crippen LogP contribution in [-0.2, 0) is 23.2 Å². The van der Waals surface area contributed by atoms with E-state index in [0.717, 1.165) is 5.56 Å². The van der Waals surface area contributed by atoms with Crippen LogP contribution in [0.3, 0.4) is 0 Å². The van der Waals surface area contributed by atoms with E-state index >= 15 is 0 Å². The minimum absolute atomic E-state index is 0.144. The number of hydrogen-bond donors (Lipinski definition) is 3. The first-order chi connectivity index (χ1) is 9.96. The first-order valence-electron chi connectivity index (χ1n) is 6.43. The van der Waals surface area contributed by atoms with Crippen molar-refractivity contribution in [2.45, 2.75) is 25.0 Å². The minimum Gasteiger partial charge on any atom is -0.462 e. The molecule has 0 aliphatic carbocycles. The van der Waals surface area contributed by atoms with Gasteiger partial charge in [-0.25, -0.2) is 13.1 Å². The quantitative estimate of drug-likeness (QED) is 0.754. The Labute approximate surface area is 123 Å². The average Bonchev–Trinajstić information content (AvgIpc) is 2.94. The van der Waals surface area contributed by atoms with E-state index in [1.165, 1.54) is 7.05 Å². The molecule has 0 saturated heterocycles. The Morgan fingerprint density at radius 2 is 1.90 bits per heavy atom. The predicted octanol–water partition coefficient (Wildman–Crippen LogP) is 1.60. The van der Waals surface area contributed by atoms with Crippen molar-refractivity contribution in [3.05, 3.63) is 47.4 Å². The van der Waals surface area contributed by atoms with Gasteiger partial charge in [0, 0.05) is 5.69 Å². The van der Waals surface area contributed by atoms with Crippen LogP contribution in [0.15, 0.2) is 39.6 Å². The van der Waals surface area contributed by atoms with Gasteiger partial charge in [-0.1, -0.05) is 6.07 Å². The number of aliphatic hydroxyl groups is 1. The monoisotopic (exact) mass is 310 g/mol. The van der Waals surface area contributed by atoms with Gasteiger partial charge >= 0.3 is 0 Å². The molecule has 0 spiro atoms. The molecular formula is C14H18N2O4S. The van der Waals surface area contributed by atoms with Crippen LogP contribution in [-0.4, -0.2) is 20.6 Å². The van der Waals surface area contributed by atoms with Crippen molar-refractivity contribution in [3.8, 4) is 0 Å². The van der Waals surface area contributed by atoms with Gasteiger partial charge in [-0.05, 0) is 43.8 Å². The average molecular weight is 310 g/mol. The number of aryl methyl sites for hydroxylation is 1. The first-order valence-corrected chi connectivity index (χ1v) is 7.91. The summed E-state index contributed by atoms with van der Waals surface area (Å²) in [5, 5.41) is 12.1. The van der Waals surface area contributed by atoms with Crippen LogP contribution in [0.4, 0.5) is 5.69 Å². The van der Waals surface area contributed by atoms with Gasteiger partial charge in [-0.2, -0.15) is 0 Å². The van der Waals surface area contributed by atoms with E-state index in [4.69, 9.17) is 9.52 Å². The summed E-state index contributed by atoms with van der Waals surface area (Å²) >= 11 is 0. The van der Waals surface area contributed by atoms with Gasteiger partial charge in [-0.15, -0.1) is 0 Å². The lowest BCUT2D eigenvalue weighted by Crippen LogP contribution is -2.18. The van der Waals surface area contributed by atoms with Gasteiger partial charge in [0.15, 0.2) is 0 Å². The highest BCUT2D eigenvalue weighted by molar-refractivity contribution is 7.89. The Morgan fingerprint density at radius 1 is 1.19 bits per heavy atom. The summed E-state index contributed by atoms with van der Waals surface area (Å²) in [5.74, 6) is 1.16. The smallest absolute Gasteiger partial charge is 0.240 e. The molecule has 0 amide bonds. The number of nitrogens with one attached hydrogen (secondary N) is 2.